The van der Waals surface area contributed by atoms with Crippen molar-refractivity contribution in [1.29, 1.82) is 0 Å². The van der Waals surface area contributed by atoms with Crippen molar-refractivity contribution >= 4 is 52.6 Å². The molecule has 8 nitrogen and oxygen atoms in total. The zero-order chi connectivity index (χ0) is 20.7. The Morgan fingerprint density at radius 1 is 0.964 bits per heavy atom. The third kappa shape index (κ3) is 6.38. The van der Waals surface area contributed by atoms with Gasteiger partial charge in [-0.3, -0.25) is 30.0 Å². The number of carbonyl (C=O) groups is 4. The average Bonchev–Trinajstić information content (AvgIpc) is 2.66. The summed E-state index contributed by atoms with van der Waals surface area (Å²) in [4.78, 5) is 47.2. The minimum Gasteiger partial charge on any atom is -0.481 e. The number of carbonyl (C=O) groups excluding carboxylic acids is 3. The van der Waals surface area contributed by atoms with Gasteiger partial charge in [0.1, 0.15) is 0 Å². The first-order chi connectivity index (χ1) is 13.3. The van der Waals surface area contributed by atoms with Gasteiger partial charge in [0.25, 0.3) is 0 Å². The highest BCUT2D eigenvalue weighted by molar-refractivity contribution is 6.36. The molecule has 1 aromatic rings. The molecule has 0 spiro atoms. The van der Waals surface area contributed by atoms with Gasteiger partial charge in [0, 0.05) is 17.9 Å². The molecular formula is C18H21Cl2N3O5. The van der Waals surface area contributed by atoms with Gasteiger partial charge in [0.05, 0.1) is 22.5 Å². The van der Waals surface area contributed by atoms with Crippen molar-refractivity contribution in [2.75, 3.05) is 5.32 Å². The lowest BCUT2D eigenvalue weighted by Gasteiger charge is -2.27. The van der Waals surface area contributed by atoms with Crippen LogP contribution in [0.1, 0.15) is 38.5 Å². The molecule has 1 saturated carbocycles. The molecule has 0 radical (unpaired) electrons. The molecule has 1 aromatic carbocycles. The first-order valence-electron chi connectivity index (χ1n) is 8.84. The lowest BCUT2D eigenvalue weighted by Crippen LogP contribution is -2.48. The molecule has 0 heterocycles. The summed E-state index contributed by atoms with van der Waals surface area (Å²) >= 11 is 11.7. The van der Waals surface area contributed by atoms with E-state index in [1.807, 2.05) is 0 Å². The highest BCUT2D eigenvalue weighted by Gasteiger charge is 2.35. The second-order valence-corrected chi connectivity index (χ2v) is 7.39. The zero-order valence-corrected chi connectivity index (χ0v) is 16.5. The van der Waals surface area contributed by atoms with Crippen molar-refractivity contribution < 1.29 is 24.3 Å². The average molecular weight is 430 g/mol. The molecule has 28 heavy (non-hydrogen) atoms. The standard InChI is InChI=1S/C18H21Cl2N3O5/c19-10-5-6-14(13(20)9-10)21-15(24)7-8-16(25)22-23-17(26)11-3-1-2-4-12(11)18(27)28/h5-6,9,11-12H,1-4,7-8H2,(H,21,24)(H,22,25)(H,23,26)(H,27,28)/t11-,12+/m0/s1. The minimum atomic E-state index is -1.01. The van der Waals surface area contributed by atoms with Crippen LogP contribution in [-0.2, 0) is 19.2 Å². The van der Waals surface area contributed by atoms with Crippen molar-refractivity contribution in [3.63, 3.8) is 0 Å². The number of carboxylic acids is 1. The summed E-state index contributed by atoms with van der Waals surface area (Å²) < 4.78 is 0. The Morgan fingerprint density at radius 3 is 2.25 bits per heavy atom. The van der Waals surface area contributed by atoms with Gasteiger partial charge in [0.2, 0.25) is 17.7 Å². The van der Waals surface area contributed by atoms with Gasteiger partial charge >= 0.3 is 5.97 Å². The van der Waals surface area contributed by atoms with E-state index in [0.717, 1.165) is 12.8 Å². The van der Waals surface area contributed by atoms with E-state index in [-0.39, 0.29) is 17.9 Å². The minimum absolute atomic E-state index is 0.123. The van der Waals surface area contributed by atoms with Crippen molar-refractivity contribution in [2.45, 2.75) is 38.5 Å². The third-order valence-electron chi connectivity index (χ3n) is 4.53. The van der Waals surface area contributed by atoms with Gasteiger partial charge in [-0.05, 0) is 31.0 Å². The lowest BCUT2D eigenvalue weighted by molar-refractivity contribution is -0.149. The zero-order valence-electron chi connectivity index (χ0n) is 15.0. The number of anilines is 1. The van der Waals surface area contributed by atoms with Crippen LogP contribution >= 0.6 is 23.2 Å². The third-order valence-corrected chi connectivity index (χ3v) is 5.08. The second kappa shape index (κ2) is 10.3. The topological polar surface area (TPSA) is 125 Å². The number of aliphatic carboxylic acids is 1. The predicted molar refractivity (Wildman–Crippen MR) is 104 cm³/mol. The summed E-state index contributed by atoms with van der Waals surface area (Å²) in [5.41, 5.74) is 4.86. The predicted octanol–water partition coefficient (Wildman–Crippen LogP) is 2.75. The van der Waals surface area contributed by atoms with E-state index in [0.29, 0.717) is 23.6 Å². The number of amides is 3. The number of halogens is 2. The molecule has 1 aliphatic rings. The van der Waals surface area contributed by atoms with Crippen molar-refractivity contribution in [2.24, 2.45) is 11.8 Å². The Balaban J connectivity index is 1.75. The monoisotopic (exact) mass is 429 g/mol. The summed E-state index contributed by atoms with van der Waals surface area (Å²) in [6, 6.07) is 4.60. The Hall–Kier alpha value is -2.32. The molecule has 4 N–H and O–H groups in total. The van der Waals surface area contributed by atoms with Crippen LogP contribution in [-0.4, -0.2) is 28.8 Å². The van der Waals surface area contributed by atoms with E-state index in [4.69, 9.17) is 23.2 Å². The fraction of sp³-hybridized carbons (Fsp3) is 0.444. The van der Waals surface area contributed by atoms with Crippen LogP contribution in [0.25, 0.3) is 0 Å². The molecular weight excluding hydrogens is 409 g/mol. The van der Waals surface area contributed by atoms with Crippen LogP contribution in [0.15, 0.2) is 18.2 Å². The quantitative estimate of drug-likeness (QED) is 0.517. The van der Waals surface area contributed by atoms with E-state index in [2.05, 4.69) is 16.2 Å². The second-order valence-electron chi connectivity index (χ2n) is 6.55. The van der Waals surface area contributed by atoms with Crippen LogP contribution in [0.4, 0.5) is 5.69 Å². The van der Waals surface area contributed by atoms with Crippen LogP contribution in [0.2, 0.25) is 10.0 Å². The van der Waals surface area contributed by atoms with Crippen LogP contribution < -0.4 is 16.2 Å². The molecule has 2 rings (SSSR count). The molecule has 2 atom stereocenters. The Labute approximate surface area is 171 Å². The van der Waals surface area contributed by atoms with Crippen LogP contribution in [0, 0.1) is 11.8 Å². The molecule has 10 heteroatoms. The van der Waals surface area contributed by atoms with E-state index in [1.165, 1.54) is 6.07 Å². The largest absolute Gasteiger partial charge is 0.481 e. The number of hydrogen-bond donors (Lipinski definition) is 4. The number of nitrogens with one attached hydrogen (secondary N) is 3. The van der Waals surface area contributed by atoms with Gasteiger partial charge in [-0.25, -0.2) is 0 Å². The number of hydrogen-bond acceptors (Lipinski definition) is 4. The van der Waals surface area contributed by atoms with Gasteiger partial charge in [0.15, 0.2) is 0 Å². The molecule has 0 unspecified atom stereocenters. The summed E-state index contributed by atoms with van der Waals surface area (Å²) in [5.74, 6) is -3.96. The molecule has 0 saturated heterocycles. The van der Waals surface area contributed by atoms with Crippen molar-refractivity contribution in [1.82, 2.24) is 10.9 Å². The van der Waals surface area contributed by atoms with Gasteiger partial charge in [-0.1, -0.05) is 36.0 Å². The molecule has 0 aromatic heterocycles. The van der Waals surface area contributed by atoms with Crippen LogP contribution in [0.3, 0.4) is 0 Å². The highest BCUT2D eigenvalue weighted by atomic mass is 35.5. The fourth-order valence-corrected chi connectivity index (χ4v) is 3.51. The van der Waals surface area contributed by atoms with E-state index < -0.39 is 35.5 Å². The maximum Gasteiger partial charge on any atom is 0.307 e. The first-order valence-corrected chi connectivity index (χ1v) is 9.60. The highest BCUT2D eigenvalue weighted by Crippen LogP contribution is 2.30. The van der Waals surface area contributed by atoms with Crippen molar-refractivity contribution in [3.05, 3.63) is 28.2 Å². The fourth-order valence-electron chi connectivity index (χ4n) is 3.06. The van der Waals surface area contributed by atoms with Gasteiger partial charge in [-0.2, -0.15) is 0 Å². The first kappa shape index (κ1) is 22.0. The molecule has 1 fully saturated rings. The number of benzene rings is 1. The maximum atomic E-state index is 12.2. The van der Waals surface area contributed by atoms with Crippen LogP contribution in [0.5, 0.6) is 0 Å². The summed E-state index contributed by atoms with van der Waals surface area (Å²) in [5, 5.41) is 12.5. The summed E-state index contributed by atoms with van der Waals surface area (Å²) in [6.07, 6.45) is 2.15. The number of hydrazine groups is 1. The Bertz CT molecular complexity index is 772. The SMILES string of the molecule is O=C(CCC(=O)Nc1ccc(Cl)cc1Cl)NNC(=O)[C@H]1CCCC[C@H]1C(=O)O. The van der Waals surface area contributed by atoms with Crippen molar-refractivity contribution in [3.8, 4) is 0 Å². The van der Waals surface area contributed by atoms with E-state index in [1.54, 1.807) is 12.1 Å². The van der Waals surface area contributed by atoms with Gasteiger partial charge < -0.3 is 10.4 Å². The molecule has 152 valence electrons. The molecule has 1 aliphatic carbocycles. The number of carboxylic acid groups (broad SMARTS) is 1. The molecule has 3 amide bonds. The number of rotatable bonds is 6. The molecule has 0 aliphatic heterocycles. The normalized spacial score (nSPS) is 18.8. The van der Waals surface area contributed by atoms with E-state index >= 15 is 0 Å². The molecule has 0 bridgehead atoms. The van der Waals surface area contributed by atoms with Gasteiger partial charge in [-0.15, -0.1) is 0 Å². The van der Waals surface area contributed by atoms with E-state index in [9.17, 15) is 24.3 Å². The Morgan fingerprint density at radius 2 is 1.61 bits per heavy atom. The smallest absolute Gasteiger partial charge is 0.307 e. The summed E-state index contributed by atoms with van der Waals surface area (Å²) in [7, 11) is 0. The Kier molecular flexibility index (Phi) is 8.07. The lowest BCUT2D eigenvalue weighted by atomic mass is 9.79. The summed E-state index contributed by atoms with van der Waals surface area (Å²) in [6.45, 7) is 0. The maximum absolute atomic E-state index is 12.2.